The Morgan fingerprint density at radius 1 is 1.11 bits per heavy atom. The van der Waals surface area contributed by atoms with E-state index in [-0.39, 0.29) is 0 Å². The molecule has 1 rings (SSSR count). The van der Waals surface area contributed by atoms with E-state index in [1.807, 2.05) is 6.92 Å². The summed E-state index contributed by atoms with van der Waals surface area (Å²) in [5.41, 5.74) is 0.583. The van der Waals surface area contributed by atoms with Crippen molar-refractivity contribution >= 4 is 0 Å². The van der Waals surface area contributed by atoms with Gasteiger partial charge in [-0.1, -0.05) is 13.8 Å². The van der Waals surface area contributed by atoms with Gasteiger partial charge in [0.05, 0.1) is 18.2 Å². The second-order valence-corrected chi connectivity index (χ2v) is 4.08. The van der Waals surface area contributed by atoms with Crippen molar-refractivity contribution in [3.8, 4) is 17.6 Å². The largest absolute Gasteiger partial charge is 0.490 e. The maximum absolute atomic E-state index is 8.88. The Hall–Kier alpha value is -1.73. The van der Waals surface area contributed by atoms with Crippen molar-refractivity contribution in [3.63, 3.8) is 0 Å². The summed E-state index contributed by atoms with van der Waals surface area (Å²) in [4.78, 5) is 2.30. The fourth-order valence-corrected chi connectivity index (χ4v) is 1.79. The van der Waals surface area contributed by atoms with E-state index in [1.165, 1.54) is 0 Å². The van der Waals surface area contributed by atoms with E-state index in [1.54, 1.807) is 18.2 Å². The minimum Gasteiger partial charge on any atom is -0.490 e. The Balaban J connectivity index is 2.64. The van der Waals surface area contributed by atoms with E-state index in [0.29, 0.717) is 30.3 Å². The monoisotopic (exact) mass is 262 g/mol. The van der Waals surface area contributed by atoms with Crippen molar-refractivity contribution in [1.29, 1.82) is 5.26 Å². The summed E-state index contributed by atoms with van der Waals surface area (Å²) >= 11 is 0. The molecule has 0 fully saturated rings. The Bertz CT molecular complexity index is 423. The van der Waals surface area contributed by atoms with Crippen LogP contribution < -0.4 is 9.47 Å². The Labute approximate surface area is 115 Å². The van der Waals surface area contributed by atoms with Gasteiger partial charge in [0.1, 0.15) is 6.61 Å². The second-order valence-electron chi connectivity index (χ2n) is 4.08. The van der Waals surface area contributed by atoms with Gasteiger partial charge in [-0.25, -0.2) is 0 Å². The third-order valence-corrected chi connectivity index (χ3v) is 2.93. The topological polar surface area (TPSA) is 45.5 Å². The summed E-state index contributed by atoms with van der Waals surface area (Å²) in [7, 11) is 0. The quantitative estimate of drug-likeness (QED) is 0.722. The van der Waals surface area contributed by atoms with Crippen LogP contribution in [0.2, 0.25) is 0 Å². The summed E-state index contributed by atoms with van der Waals surface area (Å²) in [6.45, 7) is 10.3. The molecule has 0 aliphatic carbocycles. The van der Waals surface area contributed by atoms with Gasteiger partial charge in [-0.15, -0.1) is 0 Å². The third kappa shape index (κ3) is 4.80. The van der Waals surface area contributed by atoms with Crippen LogP contribution in [0.3, 0.4) is 0 Å². The standard InChI is InChI=1S/C15H22N2O2/c1-4-17(5-2)9-10-19-14-8-7-13(12-16)11-15(14)18-6-3/h7-8,11H,4-6,9-10H2,1-3H3. The maximum atomic E-state index is 8.88. The molecule has 4 nitrogen and oxygen atoms in total. The molecule has 0 amide bonds. The molecule has 0 bridgehead atoms. The van der Waals surface area contributed by atoms with Gasteiger partial charge in [-0.3, -0.25) is 0 Å². The fourth-order valence-electron chi connectivity index (χ4n) is 1.79. The van der Waals surface area contributed by atoms with Crippen LogP contribution in [0.1, 0.15) is 26.3 Å². The average Bonchev–Trinajstić information content (AvgIpc) is 2.45. The first-order valence-corrected chi connectivity index (χ1v) is 6.77. The lowest BCUT2D eigenvalue weighted by Gasteiger charge is -2.19. The highest BCUT2D eigenvalue weighted by atomic mass is 16.5. The highest BCUT2D eigenvalue weighted by molar-refractivity contribution is 5.46. The van der Waals surface area contributed by atoms with Crippen LogP contribution in [-0.2, 0) is 0 Å². The molecule has 1 aromatic carbocycles. The summed E-state index contributed by atoms with van der Waals surface area (Å²) in [5.74, 6) is 1.34. The van der Waals surface area contributed by atoms with E-state index in [0.717, 1.165) is 19.6 Å². The van der Waals surface area contributed by atoms with Crippen LogP contribution in [0.25, 0.3) is 0 Å². The van der Waals surface area contributed by atoms with E-state index >= 15 is 0 Å². The number of likely N-dealkylation sites (N-methyl/N-ethyl adjacent to an activating group) is 1. The van der Waals surface area contributed by atoms with Crippen molar-refractivity contribution in [2.45, 2.75) is 20.8 Å². The summed E-state index contributed by atoms with van der Waals surface area (Å²) in [5, 5.41) is 8.88. The highest BCUT2D eigenvalue weighted by Crippen LogP contribution is 2.28. The van der Waals surface area contributed by atoms with Gasteiger partial charge in [-0.05, 0) is 32.1 Å². The molecule has 0 atom stereocenters. The molecule has 0 spiro atoms. The molecule has 1 aromatic rings. The molecule has 19 heavy (non-hydrogen) atoms. The van der Waals surface area contributed by atoms with Crippen LogP contribution in [-0.4, -0.2) is 37.7 Å². The van der Waals surface area contributed by atoms with Gasteiger partial charge >= 0.3 is 0 Å². The number of nitrogens with zero attached hydrogens (tertiary/aromatic N) is 2. The van der Waals surface area contributed by atoms with Crippen molar-refractivity contribution in [2.24, 2.45) is 0 Å². The van der Waals surface area contributed by atoms with Crippen molar-refractivity contribution in [2.75, 3.05) is 32.8 Å². The van der Waals surface area contributed by atoms with Gasteiger partial charge in [0.25, 0.3) is 0 Å². The maximum Gasteiger partial charge on any atom is 0.162 e. The van der Waals surface area contributed by atoms with E-state index < -0.39 is 0 Å². The molecular formula is C15H22N2O2. The Morgan fingerprint density at radius 2 is 1.84 bits per heavy atom. The first-order valence-electron chi connectivity index (χ1n) is 6.77. The fraction of sp³-hybridized carbons (Fsp3) is 0.533. The molecule has 4 heteroatoms. The summed E-state index contributed by atoms with van der Waals surface area (Å²) < 4.78 is 11.2. The Morgan fingerprint density at radius 3 is 2.42 bits per heavy atom. The number of hydrogen-bond acceptors (Lipinski definition) is 4. The third-order valence-electron chi connectivity index (χ3n) is 2.93. The van der Waals surface area contributed by atoms with Gasteiger partial charge in [0, 0.05) is 12.6 Å². The molecule has 0 radical (unpaired) electrons. The highest BCUT2D eigenvalue weighted by Gasteiger charge is 2.07. The van der Waals surface area contributed by atoms with Gasteiger partial charge < -0.3 is 14.4 Å². The predicted octanol–water partition coefficient (Wildman–Crippen LogP) is 2.68. The zero-order valence-corrected chi connectivity index (χ0v) is 12.0. The van der Waals surface area contributed by atoms with E-state index in [2.05, 4.69) is 24.8 Å². The molecule has 0 N–H and O–H groups in total. The number of rotatable bonds is 8. The molecule has 0 unspecified atom stereocenters. The average molecular weight is 262 g/mol. The van der Waals surface area contributed by atoms with E-state index in [4.69, 9.17) is 14.7 Å². The molecule has 0 saturated carbocycles. The molecule has 0 heterocycles. The smallest absolute Gasteiger partial charge is 0.162 e. The molecule has 0 saturated heterocycles. The van der Waals surface area contributed by atoms with E-state index in [9.17, 15) is 0 Å². The normalized spacial score (nSPS) is 10.3. The minimum absolute atomic E-state index is 0.557. The summed E-state index contributed by atoms with van der Waals surface area (Å²) in [6, 6.07) is 7.36. The molecule has 0 aliphatic heterocycles. The van der Waals surface area contributed by atoms with Crippen LogP contribution in [0.15, 0.2) is 18.2 Å². The number of benzene rings is 1. The SMILES string of the molecule is CCOc1cc(C#N)ccc1OCCN(CC)CC. The van der Waals surface area contributed by atoms with Gasteiger partial charge in [0.2, 0.25) is 0 Å². The minimum atomic E-state index is 0.557. The van der Waals surface area contributed by atoms with Crippen LogP contribution in [0.4, 0.5) is 0 Å². The predicted molar refractivity (Wildman–Crippen MR) is 75.6 cm³/mol. The second kappa shape index (κ2) is 8.39. The van der Waals surface area contributed by atoms with Crippen LogP contribution >= 0.6 is 0 Å². The van der Waals surface area contributed by atoms with Gasteiger partial charge in [-0.2, -0.15) is 5.26 Å². The number of nitriles is 1. The zero-order valence-electron chi connectivity index (χ0n) is 12.0. The molecular weight excluding hydrogens is 240 g/mol. The summed E-state index contributed by atoms with van der Waals surface area (Å²) in [6.07, 6.45) is 0. The lowest BCUT2D eigenvalue weighted by atomic mass is 10.2. The molecule has 104 valence electrons. The lowest BCUT2D eigenvalue weighted by Crippen LogP contribution is -2.27. The molecule has 0 aromatic heterocycles. The van der Waals surface area contributed by atoms with Crippen LogP contribution in [0.5, 0.6) is 11.5 Å². The zero-order chi connectivity index (χ0) is 14.1. The van der Waals surface area contributed by atoms with Crippen molar-refractivity contribution in [1.82, 2.24) is 4.90 Å². The molecule has 0 aliphatic rings. The lowest BCUT2D eigenvalue weighted by molar-refractivity contribution is 0.214. The van der Waals surface area contributed by atoms with Crippen molar-refractivity contribution < 1.29 is 9.47 Å². The first kappa shape index (κ1) is 15.3. The van der Waals surface area contributed by atoms with Crippen molar-refractivity contribution in [3.05, 3.63) is 23.8 Å². The first-order chi connectivity index (χ1) is 9.24. The number of hydrogen-bond donors (Lipinski definition) is 0. The van der Waals surface area contributed by atoms with Crippen LogP contribution in [0, 0.1) is 11.3 Å². The Kier molecular flexibility index (Phi) is 6.76. The van der Waals surface area contributed by atoms with Gasteiger partial charge in [0.15, 0.2) is 11.5 Å². The number of ether oxygens (including phenoxy) is 2.